The summed E-state index contributed by atoms with van der Waals surface area (Å²) in [6.07, 6.45) is 0. The van der Waals surface area contributed by atoms with E-state index in [0.29, 0.717) is 22.6 Å². The molecule has 2 aromatic rings. The summed E-state index contributed by atoms with van der Waals surface area (Å²) in [5.74, 6) is -0.200. The van der Waals surface area contributed by atoms with Crippen molar-refractivity contribution >= 4 is 53.4 Å². The van der Waals surface area contributed by atoms with Crippen molar-refractivity contribution in [1.29, 1.82) is 0 Å². The van der Waals surface area contributed by atoms with E-state index in [-0.39, 0.29) is 16.7 Å². The largest absolute Gasteiger partial charge is 0.506 e. The van der Waals surface area contributed by atoms with Crippen LogP contribution >= 0.6 is 24.4 Å². The molecule has 0 bridgehead atoms. The highest BCUT2D eigenvalue weighted by Crippen LogP contribution is 2.31. The average molecular weight is 366 g/mol. The molecule has 8 heteroatoms. The van der Waals surface area contributed by atoms with Crippen molar-refractivity contribution in [2.75, 3.05) is 14.9 Å². The number of rotatable bonds is 3. The highest BCUT2D eigenvalue weighted by molar-refractivity contribution is 7.82. The molecule has 0 saturated carbocycles. The fraction of sp³-hybridized carbons (Fsp3) is 0.125. The molecule has 0 aromatic heterocycles. The Kier molecular flexibility index (Phi) is 5.58. The van der Waals surface area contributed by atoms with Crippen LogP contribution in [-0.4, -0.2) is 17.0 Å². The van der Waals surface area contributed by atoms with Gasteiger partial charge < -0.3 is 15.7 Å². The van der Waals surface area contributed by atoms with E-state index in [1.54, 1.807) is 37.3 Å². The SMILES string of the molecule is CC(=O)Nc1ccc(N(S)C(=O)Nc2cc(C)c(O)c(Cl)c2)cc1. The Labute approximate surface area is 150 Å². The summed E-state index contributed by atoms with van der Waals surface area (Å²) in [5.41, 5.74) is 2.12. The van der Waals surface area contributed by atoms with Gasteiger partial charge in [-0.2, -0.15) is 0 Å². The van der Waals surface area contributed by atoms with Gasteiger partial charge in [0.1, 0.15) is 5.75 Å². The molecule has 3 amide bonds. The first-order chi connectivity index (χ1) is 11.3. The minimum atomic E-state index is -0.494. The fourth-order valence-electron chi connectivity index (χ4n) is 1.99. The number of nitrogens with zero attached hydrogens (tertiary/aromatic N) is 1. The predicted octanol–water partition coefficient (Wildman–Crippen LogP) is 4.20. The van der Waals surface area contributed by atoms with Gasteiger partial charge in [-0.25, -0.2) is 9.10 Å². The third-order valence-corrected chi connectivity index (χ3v) is 3.83. The average Bonchev–Trinajstić information content (AvgIpc) is 2.52. The minimum Gasteiger partial charge on any atom is -0.506 e. The van der Waals surface area contributed by atoms with E-state index in [2.05, 4.69) is 23.4 Å². The van der Waals surface area contributed by atoms with E-state index in [1.165, 1.54) is 13.0 Å². The van der Waals surface area contributed by atoms with E-state index in [0.717, 1.165) is 4.31 Å². The summed E-state index contributed by atoms with van der Waals surface area (Å²) in [4.78, 5) is 23.2. The maximum Gasteiger partial charge on any atom is 0.336 e. The van der Waals surface area contributed by atoms with Gasteiger partial charge in [-0.3, -0.25) is 4.79 Å². The number of phenols is 1. The first kappa shape index (κ1) is 18.0. The van der Waals surface area contributed by atoms with Crippen molar-refractivity contribution < 1.29 is 14.7 Å². The molecular weight excluding hydrogens is 350 g/mol. The molecule has 0 unspecified atom stereocenters. The fourth-order valence-corrected chi connectivity index (χ4v) is 2.44. The second-order valence-electron chi connectivity index (χ2n) is 5.09. The number of phenolic OH excluding ortho intramolecular Hbond substituents is 1. The van der Waals surface area contributed by atoms with Crippen molar-refractivity contribution in [1.82, 2.24) is 0 Å². The van der Waals surface area contributed by atoms with E-state index < -0.39 is 6.03 Å². The van der Waals surface area contributed by atoms with Crippen LogP contribution in [0, 0.1) is 6.92 Å². The number of aryl methyl sites for hydroxylation is 1. The summed E-state index contributed by atoms with van der Waals surface area (Å²) in [5, 5.41) is 15.1. The number of urea groups is 1. The maximum atomic E-state index is 12.2. The number of benzene rings is 2. The number of carbonyl (C=O) groups excluding carboxylic acids is 2. The Morgan fingerprint density at radius 2 is 1.75 bits per heavy atom. The normalized spacial score (nSPS) is 10.2. The van der Waals surface area contributed by atoms with E-state index in [9.17, 15) is 14.7 Å². The first-order valence-electron chi connectivity index (χ1n) is 6.94. The van der Waals surface area contributed by atoms with Crippen molar-refractivity contribution in [2.45, 2.75) is 13.8 Å². The Balaban J connectivity index is 2.10. The molecule has 2 rings (SSSR count). The monoisotopic (exact) mass is 365 g/mol. The number of aromatic hydroxyl groups is 1. The van der Waals surface area contributed by atoms with E-state index in [4.69, 9.17) is 11.6 Å². The summed E-state index contributed by atoms with van der Waals surface area (Å²) in [6.45, 7) is 3.09. The smallest absolute Gasteiger partial charge is 0.336 e. The van der Waals surface area contributed by atoms with Gasteiger partial charge in [-0.05, 0) is 48.9 Å². The lowest BCUT2D eigenvalue weighted by Crippen LogP contribution is -2.26. The second-order valence-corrected chi connectivity index (χ2v) is 5.90. The maximum absolute atomic E-state index is 12.2. The molecule has 0 aliphatic carbocycles. The van der Waals surface area contributed by atoms with Crippen molar-refractivity contribution in [3.05, 3.63) is 47.0 Å². The lowest BCUT2D eigenvalue weighted by Gasteiger charge is -2.17. The van der Waals surface area contributed by atoms with Crippen LogP contribution in [0.1, 0.15) is 12.5 Å². The molecular formula is C16H16ClN3O3S. The third kappa shape index (κ3) is 4.33. The van der Waals surface area contributed by atoms with Crippen LogP contribution in [0.3, 0.4) is 0 Å². The van der Waals surface area contributed by atoms with Crippen molar-refractivity contribution in [3.8, 4) is 5.75 Å². The topological polar surface area (TPSA) is 81.7 Å². The molecule has 24 heavy (non-hydrogen) atoms. The lowest BCUT2D eigenvalue weighted by molar-refractivity contribution is -0.114. The molecule has 0 atom stereocenters. The van der Waals surface area contributed by atoms with Gasteiger partial charge in [0.2, 0.25) is 5.91 Å². The number of hydrogen-bond acceptors (Lipinski definition) is 4. The molecule has 0 heterocycles. The second kappa shape index (κ2) is 7.46. The Morgan fingerprint density at radius 1 is 1.12 bits per heavy atom. The summed E-state index contributed by atoms with van der Waals surface area (Å²) in [7, 11) is 0. The first-order valence-corrected chi connectivity index (χ1v) is 7.72. The number of amides is 3. The van der Waals surface area contributed by atoms with Gasteiger partial charge in [0, 0.05) is 18.3 Å². The molecule has 0 radical (unpaired) electrons. The molecule has 0 saturated heterocycles. The van der Waals surface area contributed by atoms with Crippen LogP contribution in [0.25, 0.3) is 0 Å². The Hall–Kier alpha value is -2.38. The number of carbonyl (C=O) groups is 2. The number of nitrogens with one attached hydrogen (secondary N) is 2. The summed E-state index contributed by atoms with van der Waals surface area (Å²) >= 11 is 10.1. The third-order valence-electron chi connectivity index (χ3n) is 3.13. The van der Waals surface area contributed by atoms with Gasteiger partial charge >= 0.3 is 6.03 Å². The van der Waals surface area contributed by atoms with E-state index >= 15 is 0 Å². The number of thiol groups is 1. The molecule has 0 aliphatic rings. The zero-order chi connectivity index (χ0) is 17.9. The highest BCUT2D eigenvalue weighted by Gasteiger charge is 2.14. The van der Waals surface area contributed by atoms with Crippen molar-refractivity contribution in [2.24, 2.45) is 0 Å². The summed E-state index contributed by atoms with van der Waals surface area (Å²) < 4.78 is 1.12. The van der Waals surface area contributed by atoms with Crippen molar-refractivity contribution in [3.63, 3.8) is 0 Å². The predicted molar refractivity (Wildman–Crippen MR) is 99.1 cm³/mol. The van der Waals surface area contributed by atoms with Gasteiger partial charge in [-0.1, -0.05) is 24.4 Å². The number of anilines is 3. The molecule has 0 spiro atoms. The molecule has 126 valence electrons. The van der Waals surface area contributed by atoms with Gasteiger partial charge in [0.25, 0.3) is 0 Å². The van der Waals surface area contributed by atoms with Crippen LogP contribution in [-0.2, 0) is 4.79 Å². The molecule has 0 fully saturated rings. The van der Waals surface area contributed by atoms with E-state index in [1.807, 2.05) is 0 Å². The van der Waals surface area contributed by atoms with Crippen LogP contribution in [0.5, 0.6) is 5.75 Å². The molecule has 3 N–H and O–H groups in total. The quantitative estimate of drug-likeness (QED) is 0.486. The zero-order valence-electron chi connectivity index (χ0n) is 13.0. The minimum absolute atomic E-state index is 0.0223. The standard InChI is InChI=1S/C16H16ClN3O3S/c1-9-7-12(8-14(17)15(9)22)19-16(23)20(24)13-5-3-11(4-6-13)18-10(2)21/h3-8,22,24H,1-2H3,(H,18,21)(H,19,23). The molecule has 0 aliphatic heterocycles. The van der Waals surface area contributed by atoms with Gasteiger partial charge in [0.05, 0.1) is 10.7 Å². The Morgan fingerprint density at radius 3 is 2.29 bits per heavy atom. The van der Waals surface area contributed by atoms with Crippen LogP contribution < -0.4 is 14.9 Å². The lowest BCUT2D eigenvalue weighted by atomic mass is 10.2. The van der Waals surface area contributed by atoms with Gasteiger partial charge in [0.15, 0.2) is 0 Å². The Bertz CT molecular complexity index is 758. The van der Waals surface area contributed by atoms with Crippen LogP contribution in [0.15, 0.2) is 36.4 Å². The molecule has 2 aromatic carbocycles. The zero-order valence-corrected chi connectivity index (χ0v) is 14.7. The van der Waals surface area contributed by atoms with Crippen LogP contribution in [0.4, 0.5) is 21.9 Å². The number of halogens is 1. The van der Waals surface area contributed by atoms with Gasteiger partial charge in [-0.15, -0.1) is 0 Å². The van der Waals surface area contributed by atoms with Crippen LogP contribution in [0.2, 0.25) is 5.02 Å². The molecule has 6 nitrogen and oxygen atoms in total. The highest BCUT2D eigenvalue weighted by atomic mass is 35.5. The summed E-state index contributed by atoms with van der Waals surface area (Å²) in [6, 6.07) is 9.17. The number of hydrogen-bond donors (Lipinski definition) is 4.